The molecule has 7 nitrogen and oxygen atoms in total. The maximum atomic E-state index is 12.3. The molecule has 0 atom stereocenters. The van der Waals surface area contributed by atoms with Crippen LogP contribution in [0.25, 0.3) is 0 Å². The number of amides is 1. The molecule has 1 aromatic carbocycles. The molecule has 3 rings (SSSR count). The fourth-order valence-electron chi connectivity index (χ4n) is 2.65. The lowest BCUT2D eigenvalue weighted by atomic mass is 10.1. The first-order valence-electron chi connectivity index (χ1n) is 8.48. The molecule has 3 aromatic rings. The Balaban J connectivity index is 1.76. The van der Waals surface area contributed by atoms with Gasteiger partial charge in [0.15, 0.2) is 5.13 Å². The summed E-state index contributed by atoms with van der Waals surface area (Å²) in [6.07, 6.45) is 3.85. The third-order valence-corrected chi connectivity index (χ3v) is 4.83. The largest absolute Gasteiger partial charge is 0.455 e. The highest BCUT2D eigenvalue weighted by Gasteiger charge is 2.20. The van der Waals surface area contributed by atoms with E-state index in [0.717, 1.165) is 17.7 Å². The standard InChI is InChI=1S/C19H20N4O3S/c1-4-14-7-5-6-8-17(14)23(13(2)24)19-21-16(12-27-19)11-26-18(25)15-9-20-22(3)10-15/h5-10,12H,4,11H2,1-3H3. The quantitative estimate of drug-likeness (QED) is 0.608. The molecule has 8 heteroatoms. The molecule has 0 spiro atoms. The number of esters is 1. The summed E-state index contributed by atoms with van der Waals surface area (Å²) in [6, 6.07) is 7.75. The van der Waals surface area contributed by atoms with Crippen molar-refractivity contribution < 1.29 is 14.3 Å². The normalized spacial score (nSPS) is 10.6. The van der Waals surface area contributed by atoms with E-state index < -0.39 is 5.97 Å². The molecule has 1 amide bonds. The lowest BCUT2D eigenvalue weighted by molar-refractivity contribution is -0.115. The average Bonchev–Trinajstić information content (AvgIpc) is 3.29. The first-order chi connectivity index (χ1) is 13.0. The van der Waals surface area contributed by atoms with Crippen molar-refractivity contribution in [3.8, 4) is 0 Å². The fraction of sp³-hybridized carbons (Fsp3) is 0.263. The Hall–Kier alpha value is -3.00. The van der Waals surface area contributed by atoms with Gasteiger partial charge in [0.05, 0.1) is 23.1 Å². The van der Waals surface area contributed by atoms with Gasteiger partial charge in [0.25, 0.3) is 0 Å². The molecule has 2 heterocycles. The Labute approximate surface area is 161 Å². The lowest BCUT2D eigenvalue weighted by Gasteiger charge is -2.20. The van der Waals surface area contributed by atoms with Crippen LogP contribution >= 0.6 is 11.3 Å². The number of benzene rings is 1. The number of ether oxygens (including phenoxy) is 1. The summed E-state index contributed by atoms with van der Waals surface area (Å²) >= 11 is 1.34. The van der Waals surface area contributed by atoms with E-state index in [2.05, 4.69) is 10.1 Å². The van der Waals surface area contributed by atoms with E-state index in [1.165, 1.54) is 29.1 Å². The monoisotopic (exact) mass is 384 g/mol. The van der Waals surface area contributed by atoms with E-state index in [1.807, 2.05) is 31.2 Å². The van der Waals surface area contributed by atoms with Crippen LogP contribution in [0.2, 0.25) is 0 Å². The van der Waals surface area contributed by atoms with E-state index in [9.17, 15) is 9.59 Å². The van der Waals surface area contributed by atoms with Crippen LogP contribution in [0.1, 0.15) is 35.5 Å². The van der Waals surface area contributed by atoms with Crippen LogP contribution in [0.5, 0.6) is 0 Å². The molecule has 0 fully saturated rings. The Bertz CT molecular complexity index is 963. The van der Waals surface area contributed by atoms with Gasteiger partial charge >= 0.3 is 5.97 Å². The zero-order chi connectivity index (χ0) is 19.4. The topological polar surface area (TPSA) is 77.3 Å². The number of para-hydroxylation sites is 1. The molecular weight excluding hydrogens is 364 g/mol. The van der Waals surface area contributed by atoms with Gasteiger partial charge in [-0.2, -0.15) is 5.10 Å². The molecule has 0 saturated carbocycles. The van der Waals surface area contributed by atoms with Crippen molar-refractivity contribution in [2.75, 3.05) is 4.90 Å². The van der Waals surface area contributed by atoms with Crippen molar-refractivity contribution in [2.24, 2.45) is 7.05 Å². The second kappa shape index (κ2) is 8.13. The Morgan fingerprint density at radius 1 is 1.30 bits per heavy atom. The number of carbonyl (C=O) groups excluding carboxylic acids is 2. The number of nitrogens with zero attached hydrogens (tertiary/aromatic N) is 4. The average molecular weight is 384 g/mol. The SMILES string of the molecule is CCc1ccccc1N(C(C)=O)c1nc(COC(=O)c2cnn(C)c2)cs1. The summed E-state index contributed by atoms with van der Waals surface area (Å²) in [4.78, 5) is 30.4. The predicted molar refractivity (Wildman–Crippen MR) is 103 cm³/mol. The van der Waals surface area contributed by atoms with Gasteiger partial charge in [-0.15, -0.1) is 11.3 Å². The van der Waals surface area contributed by atoms with Crippen LogP contribution in [0.15, 0.2) is 42.0 Å². The van der Waals surface area contributed by atoms with Crippen LogP contribution in [-0.2, 0) is 29.6 Å². The van der Waals surface area contributed by atoms with Gasteiger partial charge in [0.1, 0.15) is 6.61 Å². The van der Waals surface area contributed by atoms with Gasteiger partial charge in [0.2, 0.25) is 5.91 Å². The minimum atomic E-state index is -0.461. The van der Waals surface area contributed by atoms with Gasteiger partial charge in [-0.1, -0.05) is 25.1 Å². The third-order valence-electron chi connectivity index (χ3n) is 3.95. The van der Waals surface area contributed by atoms with Crippen LogP contribution in [0.4, 0.5) is 10.8 Å². The van der Waals surface area contributed by atoms with Gasteiger partial charge < -0.3 is 4.74 Å². The molecule has 0 N–H and O–H groups in total. The molecule has 2 aromatic heterocycles. The van der Waals surface area contributed by atoms with E-state index in [1.54, 1.807) is 23.5 Å². The number of aryl methyl sites for hydroxylation is 2. The first-order valence-corrected chi connectivity index (χ1v) is 9.36. The second-order valence-corrected chi connectivity index (χ2v) is 6.77. The first kappa shape index (κ1) is 18.8. The molecule has 27 heavy (non-hydrogen) atoms. The van der Waals surface area contributed by atoms with Crippen molar-refractivity contribution in [3.63, 3.8) is 0 Å². The van der Waals surface area contributed by atoms with Gasteiger partial charge in [-0.25, -0.2) is 9.78 Å². The number of hydrogen-bond acceptors (Lipinski definition) is 6. The molecular formula is C19H20N4O3S. The van der Waals surface area contributed by atoms with Crippen LogP contribution in [0, 0.1) is 0 Å². The highest BCUT2D eigenvalue weighted by molar-refractivity contribution is 7.14. The fourth-order valence-corrected chi connectivity index (χ4v) is 3.51. The lowest BCUT2D eigenvalue weighted by Crippen LogP contribution is -2.23. The third kappa shape index (κ3) is 4.22. The van der Waals surface area contributed by atoms with Crippen molar-refractivity contribution in [3.05, 3.63) is 58.9 Å². The van der Waals surface area contributed by atoms with E-state index in [0.29, 0.717) is 16.4 Å². The molecule has 0 bridgehead atoms. The number of rotatable bonds is 6. The molecule has 0 radical (unpaired) electrons. The van der Waals surface area contributed by atoms with E-state index in [4.69, 9.17) is 4.74 Å². The summed E-state index contributed by atoms with van der Waals surface area (Å²) in [7, 11) is 1.73. The van der Waals surface area contributed by atoms with E-state index >= 15 is 0 Å². The number of thiazole rings is 1. The maximum absolute atomic E-state index is 12.3. The van der Waals surface area contributed by atoms with Crippen molar-refractivity contribution in [2.45, 2.75) is 26.9 Å². The summed E-state index contributed by atoms with van der Waals surface area (Å²) in [6.45, 7) is 3.59. The number of aromatic nitrogens is 3. The zero-order valence-corrected chi connectivity index (χ0v) is 16.2. The summed E-state index contributed by atoms with van der Waals surface area (Å²) in [5.41, 5.74) is 2.86. The van der Waals surface area contributed by atoms with Gasteiger partial charge in [-0.05, 0) is 18.1 Å². The van der Waals surface area contributed by atoms with E-state index in [-0.39, 0.29) is 12.5 Å². The minimum absolute atomic E-state index is 0.0331. The van der Waals surface area contributed by atoms with Gasteiger partial charge in [0, 0.05) is 25.5 Å². The summed E-state index contributed by atoms with van der Waals surface area (Å²) < 4.78 is 6.82. The molecule has 0 saturated heterocycles. The summed E-state index contributed by atoms with van der Waals surface area (Å²) in [5.74, 6) is -0.582. The second-order valence-electron chi connectivity index (χ2n) is 5.94. The van der Waals surface area contributed by atoms with Crippen LogP contribution in [0.3, 0.4) is 0 Å². The maximum Gasteiger partial charge on any atom is 0.341 e. The van der Waals surface area contributed by atoms with Crippen LogP contribution < -0.4 is 4.90 Å². The molecule has 0 aliphatic heterocycles. The van der Waals surface area contributed by atoms with Crippen molar-refractivity contribution >= 4 is 34.0 Å². The molecule has 0 aliphatic rings. The Morgan fingerprint density at radius 3 is 2.74 bits per heavy atom. The highest BCUT2D eigenvalue weighted by atomic mass is 32.1. The number of anilines is 2. The molecule has 0 aliphatic carbocycles. The minimum Gasteiger partial charge on any atom is -0.455 e. The molecule has 140 valence electrons. The zero-order valence-electron chi connectivity index (χ0n) is 15.4. The smallest absolute Gasteiger partial charge is 0.341 e. The number of hydrogen-bond donors (Lipinski definition) is 0. The van der Waals surface area contributed by atoms with Gasteiger partial charge in [-0.3, -0.25) is 14.4 Å². The van der Waals surface area contributed by atoms with Crippen molar-refractivity contribution in [1.82, 2.24) is 14.8 Å². The predicted octanol–water partition coefficient (Wildman–Crippen LogP) is 3.48. The van der Waals surface area contributed by atoms with Crippen LogP contribution in [-0.4, -0.2) is 26.6 Å². The number of carbonyl (C=O) groups is 2. The Morgan fingerprint density at radius 2 is 2.07 bits per heavy atom. The highest BCUT2D eigenvalue weighted by Crippen LogP contribution is 2.31. The van der Waals surface area contributed by atoms with Crippen molar-refractivity contribution in [1.29, 1.82) is 0 Å². The summed E-state index contributed by atoms with van der Waals surface area (Å²) in [5, 5.41) is 6.29. The molecule has 0 unspecified atom stereocenters. The Kier molecular flexibility index (Phi) is 5.66.